The van der Waals surface area contributed by atoms with Gasteiger partial charge in [0.25, 0.3) is 5.91 Å². The lowest BCUT2D eigenvalue weighted by molar-refractivity contribution is -0.122. The standard InChI is InChI=1S/C16H15NO2S/c1-20-15-9-5-3-7-12(15)17-16(18)14-10-11-6-2-4-8-13(11)19-14/h2-9,14H,10H2,1H3,(H,17,18). The number of anilines is 1. The van der Waals surface area contributed by atoms with Gasteiger partial charge in [-0.15, -0.1) is 11.8 Å². The van der Waals surface area contributed by atoms with E-state index in [2.05, 4.69) is 5.32 Å². The minimum Gasteiger partial charge on any atom is -0.480 e. The highest BCUT2D eigenvalue weighted by Crippen LogP contribution is 2.30. The Morgan fingerprint density at radius 2 is 1.95 bits per heavy atom. The summed E-state index contributed by atoms with van der Waals surface area (Å²) in [7, 11) is 0. The van der Waals surface area contributed by atoms with Crippen LogP contribution in [0.4, 0.5) is 5.69 Å². The van der Waals surface area contributed by atoms with Gasteiger partial charge in [-0.2, -0.15) is 0 Å². The number of para-hydroxylation sites is 2. The lowest BCUT2D eigenvalue weighted by atomic mass is 10.1. The molecule has 0 saturated heterocycles. The highest BCUT2D eigenvalue weighted by Gasteiger charge is 2.28. The number of carbonyl (C=O) groups is 1. The predicted molar refractivity (Wildman–Crippen MR) is 81.4 cm³/mol. The Kier molecular flexibility index (Phi) is 3.65. The van der Waals surface area contributed by atoms with E-state index in [-0.39, 0.29) is 5.91 Å². The molecule has 102 valence electrons. The predicted octanol–water partition coefficient (Wildman–Crippen LogP) is 3.35. The van der Waals surface area contributed by atoms with E-state index < -0.39 is 6.10 Å². The van der Waals surface area contributed by atoms with Gasteiger partial charge >= 0.3 is 0 Å². The van der Waals surface area contributed by atoms with Crippen LogP contribution in [0.1, 0.15) is 5.56 Å². The summed E-state index contributed by atoms with van der Waals surface area (Å²) in [5.41, 5.74) is 1.93. The first-order valence-corrected chi connectivity index (χ1v) is 7.69. The van der Waals surface area contributed by atoms with E-state index in [4.69, 9.17) is 4.74 Å². The molecular weight excluding hydrogens is 270 g/mol. The molecule has 1 aliphatic rings. The summed E-state index contributed by atoms with van der Waals surface area (Å²) in [6.07, 6.45) is 2.18. The zero-order chi connectivity index (χ0) is 13.9. The molecule has 0 saturated carbocycles. The van der Waals surface area contributed by atoms with Crippen LogP contribution >= 0.6 is 11.8 Å². The lowest BCUT2D eigenvalue weighted by Gasteiger charge is -2.13. The minimum absolute atomic E-state index is 0.0947. The van der Waals surface area contributed by atoms with Crippen LogP contribution < -0.4 is 10.1 Å². The maximum atomic E-state index is 12.3. The Labute approximate surface area is 122 Å². The number of benzene rings is 2. The third kappa shape index (κ3) is 2.51. The Morgan fingerprint density at radius 1 is 1.20 bits per heavy atom. The van der Waals surface area contributed by atoms with E-state index in [0.29, 0.717) is 6.42 Å². The monoisotopic (exact) mass is 285 g/mol. The van der Waals surface area contributed by atoms with E-state index in [9.17, 15) is 4.79 Å². The molecule has 0 radical (unpaired) electrons. The molecule has 2 aromatic carbocycles. The Morgan fingerprint density at radius 3 is 2.75 bits per heavy atom. The molecule has 3 nitrogen and oxygen atoms in total. The summed E-state index contributed by atoms with van der Waals surface area (Å²) < 4.78 is 5.70. The number of rotatable bonds is 3. The summed E-state index contributed by atoms with van der Waals surface area (Å²) >= 11 is 1.61. The van der Waals surface area contributed by atoms with Crippen LogP contribution in [0.15, 0.2) is 53.4 Å². The van der Waals surface area contributed by atoms with Crippen molar-refractivity contribution in [3.63, 3.8) is 0 Å². The number of thioether (sulfide) groups is 1. The molecule has 0 bridgehead atoms. The Hall–Kier alpha value is -1.94. The first-order valence-electron chi connectivity index (χ1n) is 6.46. The van der Waals surface area contributed by atoms with Crippen LogP contribution in [0.3, 0.4) is 0 Å². The molecule has 20 heavy (non-hydrogen) atoms. The van der Waals surface area contributed by atoms with E-state index in [1.165, 1.54) is 0 Å². The molecular formula is C16H15NO2S. The second-order valence-corrected chi connectivity index (χ2v) is 5.46. The van der Waals surface area contributed by atoms with Gasteiger partial charge in [0, 0.05) is 11.3 Å². The van der Waals surface area contributed by atoms with Crippen LogP contribution in [-0.4, -0.2) is 18.3 Å². The third-order valence-electron chi connectivity index (χ3n) is 3.30. The van der Waals surface area contributed by atoms with Gasteiger partial charge in [-0.1, -0.05) is 30.3 Å². The van der Waals surface area contributed by atoms with E-state index in [0.717, 1.165) is 21.9 Å². The number of hydrogen-bond donors (Lipinski definition) is 1. The molecule has 1 N–H and O–H groups in total. The van der Waals surface area contributed by atoms with Crippen LogP contribution in [0.2, 0.25) is 0 Å². The average molecular weight is 285 g/mol. The highest BCUT2D eigenvalue weighted by atomic mass is 32.2. The molecule has 1 unspecified atom stereocenters. The molecule has 0 spiro atoms. The molecule has 0 fully saturated rings. The minimum atomic E-state index is -0.442. The van der Waals surface area contributed by atoms with Gasteiger partial charge in [-0.05, 0) is 30.0 Å². The van der Waals surface area contributed by atoms with Crippen molar-refractivity contribution in [2.45, 2.75) is 17.4 Å². The molecule has 1 heterocycles. The highest BCUT2D eigenvalue weighted by molar-refractivity contribution is 7.98. The Balaban J connectivity index is 1.72. The topological polar surface area (TPSA) is 38.3 Å². The maximum Gasteiger partial charge on any atom is 0.265 e. The summed E-state index contributed by atoms with van der Waals surface area (Å²) in [5, 5.41) is 2.95. The molecule has 2 aromatic rings. The molecule has 0 aliphatic carbocycles. The molecule has 0 aromatic heterocycles. The van der Waals surface area contributed by atoms with Crippen molar-refractivity contribution in [3.05, 3.63) is 54.1 Å². The van der Waals surface area contributed by atoms with Crippen molar-refractivity contribution in [2.24, 2.45) is 0 Å². The van der Waals surface area contributed by atoms with Crippen molar-refractivity contribution >= 4 is 23.4 Å². The molecule has 4 heteroatoms. The van der Waals surface area contributed by atoms with Crippen LogP contribution in [0.5, 0.6) is 5.75 Å². The fraction of sp³-hybridized carbons (Fsp3) is 0.188. The zero-order valence-corrected chi connectivity index (χ0v) is 11.9. The first kappa shape index (κ1) is 13.1. The smallest absolute Gasteiger partial charge is 0.265 e. The van der Waals surface area contributed by atoms with Crippen LogP contribution in [0.25, 0.3) is 0 Å². The van der Waals surface area contributed by atoms with Gasteiger partial charge in [-0.3, -0.25) is 4.79 Å². The third-order valence-corrected chi connectivity index (χ3v) is 4.10. The van der Waals surface area contributed by atoms with E-state index in [1.54, 1.807) is 11.8 Å². The number of amides is 1. The van der Waals surface area contributed by atoms with Crippen LogP contribution in [-0.2, 0) is 11.2 Å². The summed E-state index contributed by atoms with van der Waals surface area (Å²) in [6, 6.07) is 15.6. The van der Waals surface area contributed by atoms with Crippen molar-refractivity contribution in [1.82, 2.24) is 0 Å². The van der Waals surface area contributed by atoms with Crippen molar-refractivity contribution in [3.8, 4) is 5.75 Å². The molecule has 1 amide bonds. The van der Waals surface area contributed by atoms with Gasteiger partial charge in [0.15, 0.2) is 6.10 Å². The number of ether oxygens (including phenoxy) is 1. The van der Waals surface area contributed by atoms with Crippen molar-refractivity contribution in [1.29, 1.82) is 0 Å². The fourth-order valence-electron chi connectivity index (χ4n) is 2.29. The summed E-state index contributed by atoms with van der Waals surface area (Å²) in [5.74, 6) is 0.716. The number of fused-ring (bicyclic) bond motifs is 1. The SMILES string of the molecule is CSc1ccccc1NC(=O)C1Cc2ccccc2O1. The van der Waals surface area contributed by atoms with Gasteiger partial charge in [-0.25, -0.2) is 0 Å². The second kappa shape index (κ2) is 5.59. The lowest BCUT2D eigenvalue weighted by Crippen LogP contribution is -2.31. The van der Waals surface area contributed by atoms with E-state index in [1.807, 2.05) is 54.8 Å². The molecule has 1 atom stereocenters. The van der Waals surface area contributed by atoms with Crippen molar-refractivity contribution < 1.29 is 9.53 Å². The largest absolute Gasteiger partial charge is 0.480 e. The fourth-order valence-corrected chi connectivity index (χ4v) is 2.84. The average Bonchev–Trinajstić information content (AvgIpc) is 2.92. The van der Waals surface area contributed by atoms with E-state index >= 15 is 0 Å². The summed E-state index contributed by atoms with van der Waals surface area (Å²) in [6.45, 7) is 0. The quantitative estimate of drug-likeness (QED) is 0.879. The number of carbonyl (C=O) groups excluding carboxylic acids is 1. The maximum absolute atomic E-state index is 12.3. The number of nitrogens with one attached hydrogen (secondary N) is 1. The first-order chi connectivity index (χ1) is 9.78. The normalized spacial score (nSPS) is 16.4. The van der Waals surface area contributed by atoms with Crippen molar-refractivity contribution in [2.75, 3.05) is 11.6 Å². The number of hydrogen-bond acceptors (Lipinski definition) is 3. The van der Waals surface area contributed by atoms with Gasteiger partial charge in [0.1, 0.15) is 5.75 Å². The van der Waals surface area contributed by atoms with Gasteiger partial charge in [0.2, 0.25) is 0 Å². The zero-order valence-electron chi connectivity index (χ0n) is 11.1. The summed E-state index contributed by atoms with van der Waals surface area (Å²) in [4.78, 5) is 13.4. The molecule has 1 aliphatic heterocycles. The molecule has 3 rings (SSSR count). The van der Waals surface area contributed by atoms with Gasteiger partial charge in [0.05, 0.1) is 5.69 Å². The Bertz CT molecular complexity index is 617. The van der Waals surface area contributed by atoms with Gasteiger partial charge < -0.3 is 10.1 Å². The van der Waals surface area contributed by atoms with Crippen LogP contribution in [0, 0.1) is 0 Å². The second-order valence-electron chi connectivity index (χ2n) is 4.61.